The molecule has 0 saturated heterocycles. The highest BCUT2D eigenvalue weighted by atomic mass is 79.9. The van der Waals surface area contributed by atoms with Crippen LogP contribution < -0.4 is 5.32 Å². The molecule has 0 bridgehead atoms. The lowest BCUT2D eigenvalue weighted by Crippen LogP contribution is -2.12. The van der Waals surface area contributed by atoms with Crippen LogP contribution in [0.2, 0.25) is 5.02 Å². The minimum absolute atomic E-state index is 0.0221. The summed E-state index contributed by atoms with van der Waals surface area (Å²) >= 11 is 8.98. The third-order valence-corrected chi connectivity index (χ3v) is 3.53. The summed E-state index contributed by atoms with van der Waals surface area (Å²) in [5, 5.41) is 13.4. The zero-order chi connectivity index (χ0) is 14.7. The van der Waals surface area contributed by atoms with Crippen molar-refractivity contribution in [2.45, 2.75) is 0 Å². The molecule has 0 fully saturated rings. The second-order valence-corrected chi connectivity index (χ2v) is 5.12. The number of nitro benzene ring substituents is 1. The molecule has 5 nitrogen and oxygen atoms in total. The summed E-state index contributed by atoms with van der Waals surface area (Å²) in [6.07, 6.45) is 0. The Labute approximate surface area is 127 Å². The number of anilines is 1. The van der Waals surface area contributed by atoms with Crippen LogP contribution in [0, 0.1) is 10.1 Å². The Hall–Kier alpha value is -1.92. The van der Waals surface area contributed by atoms with Crippen LogP contribution in [-0.2, 0) is 0 Å². The predicted octanol–water partition coefficient (Wildman–Crippen LogP) is 4.26. The molecule has 0 unspecified atom stereocenters. The van der Waals surface area contributed by atoms with Crippen molar-refractivity contribution in [1.82, 2.24) is 0 Å². The van der Waals surface area contributed by atoms with Gasteiger partial charge in [0.05, 0.1) is 10.5 Å². The van der Waals surface area contributed by atoms with E-state index >= 15 is 0 Å². The van der Waals surface area contributed by atoms with Gasteiger partial charge >= 0.3 is 0 Å². The van der Waals surface area contributed by atoms with Crippen molar-refractivity contribution in [2.24, 2.45) is 0 Å². The smallest absolute Gasteiger partial charge is 0.289 e. The molecule has 0 heterocycles. The van der Waals surface area contributed by atoms with Crippen LogP contribution in [0.3, 0.4) is 0 Å². The Morgan fingerprint density at radius 1 is 1.25 bits per heavy atom. The van der Waals surface area contributed by atoms with E-state index in [0.717, 1.165) is 0 Å². The fourth-order valence-corrected chi connectivity index (χ4v) is 2.23. The fraction of sp³-hybridized carbons (Fsp3) is 0. The third-order valence-electron chi connectivity index (χ3n) is 2.52. The van der Waals surface area contributed by atoms with Crippen LogP contribution in [-0.4, -0.2) is 10.8 Å². The van der Waals surface area contributed by atoms with Crippen LogP contribution in [0.25, 0.3) is 0 Å². The number of rotatable bonds is 3. The van der Waals surface area contributed by atoms with Crippen LogP contribution in [0.1, 0.15) is 10.4 Å². The molecule has 0 atom stereocenters. The maximum atomic E-state index is 12.1. The van der Waals surface area contributed by atoms with E-state index in [0.29, 0.717) is 15.7 Å². The lowest BCUT2D eigenvalue weighted by molar-refractivity contribution is -0.384. The molecule has 0 aliphatic rings. The minimum atomic E-state index is -0.601. The Morgan fingerprint density at radius 2 is 1.95 bits per heavy atom. The van der Waals surface area contributed by atoms with Crippen molar-refractivity contribution in [3.8, 4) is 0 Å². The van der Waals surface area contributed by atoms with Crippen molar-refractivity contribution in [3.63, 3.8) is 0 Å². The van der Waals surface area contributed by atoms with Crippen molar-refractivity contribution in [1.29, 1.82) is 0 Å². The van der Waals surface area contributed by atoms with E-state index in [-0.39, 0.29) is 16.6 Å². The summed E-state index contributed by atoms with van der Waals surface area (Å²) in [6, 6.07) is 11.0. The molecular formula is C13H8BrClN2O3. The number of carbonyl (C=O) groups excluding carboxylic acids is 1. The Balaban J connectivity index is 2.27. The van der Waals surface area contributed by atoms with Gasteiger partial charge < -0.3 is 5.32 Å². The van der Waals surface area contributed by atoms with Gasteiger partial charge in [-0.25, -0.2) is 0 Å². The topological polar surface area (TPSA) is 72.2 Å². The van der Waals surface area contributed by atoms with Gasteiger partial charge in [-0.1, -0.05) is 23.7 Å². The SMILES string of the molecule is O=C(Nc1ccc(Cl)c([N+](=O)[O-])c1)c1ccccc1Br. The standard InChI is InChI=1S/C13H8BrClN2O3/c14-10-4-2-1-3-9(10)13(18)16-8-5-6-11(15)12(7-8)17(19)20/h1-7H,(H,16,18). The number of carbonyl (C=O) groups is 1. The molecule has 7 heteroatoms. The summed E-state index contributed by atoms with van der Waals surface area (Å²) in [5.41, 5.74) is 0.489. The van der Waals surface area contributed by atoms with Gasteiger partial charge in [0.1, 0.15) is 5.02 Å². The number of amides is 1. The average Bonchev–Trinajstić information content (AvgIpc) is 2.41. The number of nitrogens with zero attached hydrogens (tertiary/aromatic N) is 1. The quantitative estimate of drug-likeness (QED) is 0.660. The molecule has 1 amide bonds. The predicted molar refractivity (Wildman–Crippen MR) is 80.2 cm³/mol. The number of nitrogens with one attached hydrogen (secondary N) is 1. The van der Waals surface area contributed by atoms with Gasteiger partial charge in [0, 0.05) is 16.2 Å². The normalized spacial score (nSPS) is 10.1. The summed E-state index contributed by atoms with van der Waals surface area (Å²) < 4.78 is 0.640. The third kappa shape index (κ3) is 3.15. The highest BCUT2D eigenvalue weighted by Gasteiger charge is 2.15. The van der Waals surface area contributed by atoms with Gasteiger partial charge in [-0.05, 0) is 40.2 Å². The first kappa shape index (κ1) is 14.5. The van der Waals surface area contributed by atoms with Crippen molar-refractivity contribution >= 4 is 44.8 Å². The molecule has 102 valence electrons. The van der Waals surface area contributed by atoms with E-state index < -0.39 is 4.92 Å². The van der Waals surface area contributed by atoms with Gasteiger partial charge in [-0.3, -0.25) is 14.9 Å². The second-order valence-electron chi connectivity index (χ2n) is 3.86. The molecule has 2 aromatic rings. The molecule has 20 heavy (non-hydrogen) atoms. The summed E-state index contributed by atoms with van der Waals surface area (Å²) in [6.45, 7) is 0. The maximum Gasteiger partial charge on any atom is 0.289 e. The fourth-order valence-electron chi connectivity index (χ4n) is 1.57. The van der Waals surface area contributed by atoms with E-state index in [2.05, 4.69) is 21.2 Å². The number of halogens is 2. The van der Waals surface area contributed by atoms with Gasteiger partial charge in [-0.2, -0.15) is 0 Å². The molecular weight excluding hydrogens is 348 g/mol. The summed E-state index contributed by atoms with van der Waals surface area (Å²) in [5.74, 6) is -0.367. The lowest BCUT2D eigenvalue weighted by atomic mass is 10.2. The molecule has 2 aromatic carbocycles. The number of hydrogen-bond donors (Lipinski definition) is 1. The Morgan fingerprint density at radius 3 is 2.60 bits per heavy atom. The first-order valence-electron chi connectivity index (χ1n) is 5.49. The Kier molecular flexibility index (Phi) is 4.36. The molecule has 0 spiro atoms. The molecule has 0 aromatic heterocycles. The lowest BCUT2D eigenvalue weighted by Gasteiger charge is -2.07. The monoisotopic (exact) mass is 354 g/mol. The number of hydrogen-bond acceptors (Lipinski definition) is 3. The average molecular weight is 356 g/mol. The second kappa shape index (κ2) is 6.02. The van der Waals surface area contributed by atoms with Crippen LogP contribution in [0.4, 0.5) is 11.4 Å². The van der Waals surface area contributed by atoms with E-state index in [1.54, 1.807) is 24.3 Å². The molecule has 2 rings (SSSR count). The Bertz CT molecular complexity index is 691. The van der Waals surface area contributed by atoms with E-state index in [1.165, 1.54) is 18.2 Å². The van der Waals surface area contributed by atoms with Gasteiger partial charge in [0.15, 0.2) is 0 Å². The van der Waals surface area contributed by atoms with E-state index in [1.807, 2.05) is 0 Å². The van der Waals surface area contributed by atoms with Gasteiger partial charge in [0.2, 0.25) is 0 Å². The maximum absolute atomic E-state index is 12.1. The van der Waals surface area contributed by atoms with Crippen molar-refractivity contribution in [3.05, 3.63) is 67.6 Å². The van der Waals surface area contributed by atoms with Crippen molar-refractivity contribution < 1.29 is 9.72 Å². The van der Waals surface area contributed by atoms with Gasteiger partial charge in [-0.15, -0.1) is 0 Å². The van der Waals surface area contributed by atoms with Gasteiger partial charge in [0.25, 0.3) is 11.6 Å². The molecule has 1 N–H and O–H groups in total. The molecule has 0 radical (unpaired) electrons. The molecule has 0 aliphatic carbocycles. The number of nitro groups is 1. The highest BCUT2D eigenvalue weighted by molar-refractivity contribution is 9.10. The molecule has 0 aliphatic heterocycles. The van der Waals surface area contributed by atoms with E-state index in [4.69, 9.17) is 11.6 Å². The largest absolute Gasteiger partial charge is 0.322 e. The van der Waals surface area contributed by atoms with Crippen LogP contribution in [0.5, 0.6) is 0 Å². The number of benzene rings is 2. The summed E-state index contributed by atoms with van der Waals surface area (Å²) in [7, 11) is 0. The highest BCUT2D eigenvalue weighted by Crippen LogP contribution is 2.28. The minimum Gasteiger partial charge on any atom is -0.322 e. The summed E-state index contributed by atoms with van der Waals surface area (Å²) in [4.78, 5) is 22.2. The zero-order valence-electron chi connectivity index (χ0n) is 9.97. The molecule has 0 saturated carbocycles. The van der Waals surface area contributed by atoms with Crippen LogP contribution in [0.15, 0.2) is 46.9 Å². The van der Waals surface area contributed by atoms with E-state index in [9.17, 15) is 14.9 Å². The van der Waals surface area contributed by atoms with Crippen LogP contribution >= 0.6 is 27.5 Å². The zero-order valence-corrected chi connectivity index (χ0v) is 12.3. The first-order chi connectivity index (χ1) is 9.49. The van der Waals surface area contributed by atoms with Crippen molar-refractivity contribution in [2.75, 3.05) is 5.32 Å². The first-order valence-corrected chi connectivity index (χ1v) is 6.66.